The Balaban J connectivity index is 1.55. The monoisotopic (exact) mass is 502 g/mol. The van der Waals surface area contributed by atoms with E-state index in [-0.39, 0.29) is 22.8 Å². The molecular weight excluding hydrogens is 478 g/mol. The fourth-order valence-electron chi connectivity index (χ4n) is 4.74. The van der Waals surface area contributed by atoms with Crippen molar-refractivity contribution in [3.63, 3.8) is 0 Å². The van der Waals surface area contributed by atoms with E-state index in [0.717, 1.165) is 12.3 Å². The van der Waals surface area contributed by atoms with Gasteiger partial charge in [-0.3, -0.25) is 4.98 Å². The average molecular weight is 503 g/mol. The molecule has 5 rings (SSSR count). The van der Waals surface area contributed by atoms with Crippen LogP contribution in [0.2, 0.25) is 0 Å². The van der Waals surface area contributed by atoms with E-state index in [2.05, 4.69) is 15.6 Å². The van der Waals surface area contributed by atoms with Crippen molar-refractivity contribution in [1.29, 1.82) is 0 Å². The summed E-state index contributed by atoms with van der Waals surface area (Å²) in [5, 5.41) is 25.9. The third kappa shape index (κ3) is 4.51. The minimum Gasteiger partial charge on any atom is -0.508 e. The molecule has 188 valence electrons. The summed E-state index contributed by atoms with van der Waals surface area (Å²) in [4.78, 5) is 18.7. The number of anilines is 4. The number of benzene rings is 3. The van der Waals surface area contributed by atoms with Crippen molar-refractivity contribution >= 4 is 28.8 Å². The van der Waals surface area contributed by atoms with Gasteiger partial charge in [0.1, 0.15) is 23.1 Å². The van der Waals surface area contributed by atoms with Crippen molar-refractivity contribution in [1.82, 2.24) is 4.98 Å². The first-order valence-electron chi connectivity index (χ1n) is 11.6. The van der Waals surface area contributed by atoms with Crippen LogP contribution in [-0.2, 0) is 5.41 Å². The average Bonchev–Trinajstić information content (AvgIpc) is 3.13. The van der Waals surface area contributed by atoms with Gasteiger partial charge in [-0.05, 0) is 54.1 Å². The van der Waals surface area contributed by atoms with Crippen molar-refractivity contribution in [2.24, 2.45) is 0 Å². The first-order chi connectivity index (χ1) is 17.6. The number of hydrogen-bond donors (Lipinski definition) is 4. The highest BCUT2D eigenvalue weighted by Crippen LogP contribution is 2.54. The Hall–Kier alpha value is -4.66. The number of phenols is 2. The molecule has 2 heterocycles. The Labute approximate surface area is 212 Å². The summed E-state index contributed by atoms with van der Waals surface area (Å²) in [7, 11) is 0. The minimum absolute atomic E-state index is 0.0815. The van der Waals surface area contributed by atoms with E-state index in [1.807, 2.05) is 18.7 Å². The zero-order chi connectivity index (χ0) is 26.3. The van der Waals surface area contributed by atoms with Crippen LogP contribution in [0.15, 0.2) is 72.9 Å². The number of halogens is 2. The highest BCUT2D eigenvalue weighted by molar-refractivity contribution is 6.03. The van der Waals surface area contributed by atoms with Crippen LogP contribution in [0.5, 0.6) is 11.5 Å². The second-order valence-electron chi connectivity index (χ2n) is 9.45. The van der Waals surface area contributed by atoms with Gasteiger partial charge in [0, 0.05) is 29.3 Å². The molecule has 1 aliphatic heterocycles. The number of nitrogens with one attached hydrogen (secondary N) is 2. The maximum absolute atomic E-state index is 15.3. The second-order valence-corrected chi connectivity index (χ2v) is 9.45. The van der Waals surface area contributed by atoms with E-state index in [1.54, 1.807) is 36.4 Å². The number of hydrogen-bond acceptors (Lipinski definition) is 5. The number of amides is 2. The predicted molar refractivity (Wildman–Crippen MR) is 138 cm³/mol. The lowest BCUT2D eigenvalue weighted by atomic mass is 9.82. The van der Waals surface area contributed by atoms with E-state index in [1.165, 1.54) is 24.3 Å². The van der Waals surface area contributed by atoms with Gasteiger partial charge in [-0.2, -0.15) is 0 Å². The maximum atomic E-state index is 15.3. The summed E-state index contributed by atoms with van der Waals surface area (Å²) < 4.78 is 28.8. The van der Waals surface area contributed by atoms with Gasteiger partial charge in [-0.15, -0.1) is 0 Å². The molecule has 0 fully saturated rings. The fourth-order valence-corrected chi connectivity index (χ4v) is 4.74. The number of nitrogens with zero attached hydrogens (tertiary/aromatic N) is 2. The minimum atomic E-state index is -0.662. The molecule has 1 aromatic heterocycles. The van der Waals surface area contributed by atoms with Crippen molar-refractivity contribution in [3.05, 3.63) is 90.1 Å². The van der Waals surface area contributed by atoms with Crippen LogP contribution < -0.4 is 15.5 Å². The number of para-hydroxylation sites is 2. The summed E-state index contributed by atoms with van der Waals surface area (Å²) in [5.41, 5.74) is 2.28. The molecule has 4 N–H and O–H groups in total. The van der Waals surface area contributed by atoms with Crippen LogP contribution in [0.3, 0.4) is 0 Å². The quantitative estimate of drug-likeness (QED) is 0.239. The summed E-state index contributed by atoms with van der Waals surface area (Å²) in [5.74, 6) is -1.37. The molecule has 2 amide bonds. The molecule has 0 saturated heterocycles. The van der Waals surface area contributed by atoms with Gasteiger partial charge in [0.15, 0.2) is 0 Å². The molecule has 3 aromatic carbocycles. The molecule has 7 nitrogen and oxygen atoms in total. The van der Waals surface area contributed by atoms with E-state index < -0.39 is 23.1 Å². The van der Waals surface area contributed by atoms with Crippen LogP contribution >= 0.6 is 0 Å². The molecule has 9 heteroatoms. The molecule has 0 spiro atoms. The number of aromatic hydroxyl groups is 2. The van der Waals surface area contributed by atoms with Crippen LogP contribution in [0.25, 0.3) is 11.3 Å². The van der Waals surface area contributed by atoms with Crippen molar-refractivity contribution in [3.8, 4) is 22.8 Å². The molecule has 37 heavy (non-hydrogen) atoms. The standard InChI is InChI=1S/C28H24F2N4O3/c1-28(2)15-34(26-23(36)13-19(30)24(25(26)28)21-12-7-16(29)14-31-21)22-6-4-3-5-20(22)33-27(37)32-17-8-10-18(35)11-9-17/h3-14,35-36H,15H2,1-2H3,(H2,32,33,37). The van der Waals surface area contributed by atoms with E-state index in [9.17, 15) is 19.4 Å². The van der Waals surface area contributed by atoms with E-state index in [0.29, 0.717) is 34.9 Å². The smallest absolute Gasteiger partial charge is 0.323 e. The van der Waals surface area contributed by atoms with Crippen molar-refractivity contribution < 1.29 is 23.8 Å². The van der Waals surface area contributed by atoms with Crippen LogP contribution in [0, 0.1) is 11.6 Å². The highest BCUT2D eigenvalue weighted by atomic mass is 19.1. The van der Waals surface area contributed by atoms with Gasteiger partial charge in [0.05, 0.1) is 29.0 Å². The Morgan fingerprint density at radius 3 is 2.43 bits per heavy atom. The molecule has 0 radical (unpaired) electrons. The molecule has 0 atom stereocenters. The number of aromatic nitrogens is 1. The Bertz CT molecular complexity index is 1490. The molecule has 0 aliphatic carbocycles. The number of phenolic OH excluding ortho intramolecular Hbond substituents is 2. The van der Waals surface area contributed by atoms with Gasteiger partial charge >= 0.3 is 6.03 Å². The normalized spacial score (nSPS) is 13.8. The number of carbonyl (C=O) groups is 1. The number of pyridine rings is 1. The zero-order valence-electron chi connectivity index (χ0n) is 20.1. The lowest BCUT2D eigenvalue weighted by Crippen LogP contribution is -2.27. The van der Waals surface area contributed by atoms with Gasteiger partial charge in [0.25, 0.3) is 0 Å². The largest absolute Gasteiger partial charge is 0.508 e. The second kappa shape index (κ2) is 9.09. The molecule has 4 aromatic rings. The van der Waals surface area contributed by atoms with Crippen LogP contribution in [0.4, 0.5) is 36.3 Å². The molecule has 0 bridgehead atoms. The molecule has 0 saturated carbocycles. The Morgan fingerprint density at radius 2 is 1.73 bits per heavy atom. The van der Waals surface area contributed by atoms with Gasteiger partial charge < -0.3 is 25.7 Å². The van der Waals surface area contributed by atoms with Crippen LogP contribution in [0.1, 0.15) is 19.4 Å². The molecule has 0 unspecified atom stereocenters. The first kappa shape index (κ1) is 24.1. The highest BCUT2D eigenvalue weighted by Gasteiger charge is 2.42. The fraction of sp³-hybridized carbons (Fsp3) is 0.143. The molecule has 1 aliphatic rings. The van der Waals surface area contributed by atoms with Crippen molar-refractivity contribution in [2.45, 2.75) is 19.3 Å². The van der Waals surface area contributed by atoms with Crippen molar-refractivity contribution in [2.75, 3.05) is 22.1 Å². The lowest BCUT2D eigenvalue weighted by molar-refractivity contribution is 0.262. The summed E-state index contributed by atoms with van der Waals surface area (Å²) >= 11 is 0. The predicted octanol–water partition coefficient (Wildman–Crippen LogP) is 6.51. The topological polar surface area (TPSA) is 97.7 Å². The third-order valence-corrected chi connectivity index (χ3v) is 6.28. The lowest BCUT2D eigenvalue weighted by Gasteiger charge is -2.25. The van der Waals surface area contributed by atoms with E-state index >= 15 is 4.39 Å². The number of carbonyl (C=O) groups excluding carboxylic acids is 1. The maximum Gasteiger partial charge on any atom is 0.323 e. The first-order valence-corrected chi connectivity index (χ1v) is 11.6. The Kier molecular flexibility index (Phi) is 5.91. The summed E-state index contributed by atoms with van der Waals surface area (Å²) in [6.45, 7) is 4.21. The van der Waals surface area contributed by atoms with Gasteiger partial charge in [0.2, 0.25) is 0 Å². The van der Waals surface area contributed by atoms with Crippen LogP contribution in [-0.4, -0.2) is 27.8 Å². The van der Waals surface area contributed by atoms with Gasteiger partial charge in [-0.1, -0.05) is 26.0 Å². The third-order valence-electron chi connectivity index (χ3n) is 6.28. The summed E-state index contributed by atoms with van der Waals surface area (Å²) in [6, 6.07) is 16.3. The molecular formula is C28H24F2N4O3. The number of rotatable bonds is 4. The van der Waals surface area contributed by atoms with E-state index in [4.69, 9.17) is 0 Å². The zero-order valence-corrected chi connectivity index (χ0v) is 20.1. The SMILES string of the molecule is CC1(C)CN(c2ccccc2NC(=O)Nc2ccc(O)cc2)c2c(O)cc(F)c(-c3ccc(F)cn3)c21. The summed E-state index contributed by atoms with van der Waals surface area (Å²) in [6.07, 6.45) is 1.03. The van der Waals surface area contributed by atoms with Gasteiger partial charge in [-0.25, -0.2) is 13.6 Å². The number of fused-ring (bicyclic) bond motifs is 1. The number of urea groups is 1. The Morgan fingerprint density at radius 1 is 1.00 bits per heavy atom.